The molecular formula is C17H15N5O3. The molecule has 0 radical (unpaired) electrons. The zero-order valence-electron chi connectivity index (χ0n) is 13.5. The van der Waals surface area contributed by atoms with Gasteiger partial charge in [-0.1, -0.05) is 6.07 Å². The van der Waals surface area contributed by atoms with E-state index < -0.39 is 0 Å². The van der Waals surface area contributed by atoms with Gasteiger partial charge in [-0.3, -0.25) is 14.7 Å². The Morgan fingerprint density at radius 2 is 2.20 bits per heavy atom. The Bertz CT molecular complexity index is 995. The van der Waals surface area contributed by atoms with E-state index in [0.717, 1.165) is 22.6 Å². The molecule has 0 saturated carbocycles. The van der Waals surface area contributed by atoms with Crippen LogP contribution in [0.2, 0.25) is 0 Å². The highest BCUT2D eigenvalue weighted by Gasteiger charge is 2.18. The molecule has 0 atom stereocenters. The maximum Gasteiger partial charge on any atom is 0.272 e. The van der Waals surface area contributed by atoms with Gasteiger partial charge in [0.05, 0.1) is 5.69 Å². The van der Waals surface area contributed by atoms with Gasteiger partial charge < -0.3 is 10.1 Å². The second-order valence-electron chi connectivity index (χ2n) is 5.90. The van der Waals surface area contributed by atoms with Crippen LogP contribution in [-0.4, -0.2) is 38.5 Å². The molecule has 1 aliphatic heterocycles. The van der Waals surface area contributed by atoms with Crippen molar-refractivity contribution in [1.82, 2.24) is 25.5 Å². The van der Waals surface area contributed by atoms with E-state index in [-0.39, 0.29) is 24.0 Å². The number of nitrogens with one attached hydrogen (secondary N) is 2. The van der Waals surface area contributed by atoms with Gasteiger partial charge in [-0.2, -0.15) is 5.10 Å². The minimum Gasteiger partial charge on any atom is -0.486 e. The number of carbonyl (C=O) groups excluding carboxylic acids is 2. The van der Waals surface area contributed by atoms with Gasteiger partial charge in [0.2, 0.25) is 0 Å². The van der Waals surface area contributed by atoms with Gasteiger partial charge in [0.25, 0.3) is 5.91 Å². The highest BCUT2D eigenvalue weighted by Crippen LogP contribution is 2.24. The lowest BCUT2D eigenvalue weighted by molar-refractivity contribution is -0.121. The summed E-state index contributed by atoms with van der Waals surface area (Å²) >= 11 is 0. The van der Waals surface area contributed by atoms with E-state index in [0.29, 0.717) is 24.0 Å². The smallest absolute Gasteiger partial charge is 0.272 e. The number of fused-ring (bicyclic) bond motifs is 2. The number of aromatic nitrogens is 4. The number of aromatic amines is 1. The number of ketones is 1. The average molecular weight is 337 g/mol. The number of carbonyl (C=O) groups is 2. The number of rotatable bonds is 3. The third-order valence-corrected chi connectivity index (χ3v) is 4.08. The molecule has 0 aliphatic carbocycles. The Labute approximate surface area is 142 Å². The van der Waals surface area contributed by atoms with E-state index in [1.54, 1.807) is 0 Å². The number of nitrogens with zero attached hydrogens (tertiary/aromatic N) is 3. The molecule has 8 heteroatoms. The SMILES string of the molecule is Cc1[nH]nc2c(C(=O)NCc3ccc4c(c3)CC(=O)CO4)ncnc12. The van der Waals surface area contributed by atoms with Crippen LogP contribution >= 0.6 is 0 Å². The zero-order valence-corrected chi connectivity index (χ0v) is 13.5. The van der Waals surface area contributed by atoms with Crippen molar-refractivity contribution >= 4 is 22.7 Å². The van der Waals surface area contributed by atoms with Crippen molar-refractivity contribution in [2.45, 2.75) is 19.9 Å². The van der Waals surface area contributed by atoms with Crippen molar-refractivity contribution in [2.75, 3.05) is 6.61 Å². The molecule has 1 aliphatic rings. The topological polar surface area (TPSA) is 110 Å². The van der Waals surface area contributed by atoms with Crippen LogP contribution < -0.4 is 10.1 Å². The molecule has 4 rings (SSSR count). The Morgan fingerprint density at radius 3 is 3.08 bits per heavy atom. The third kappa shape index (κ3) is 2.82. The summed E-state index contributed by atoms with van der Waals surface area (Å²) in [6.07, 6.45) is 1.71. The number of benzene rings is 1. The van der Waals surface area contributed by atoms with Crippen LogP contribution in [0.25, 0.3) is 11.0 Å². The molecule has 3 aromatic rings. The number of aryl methyl sites for hydroxylation is 1. The van der Waals surface area contributed by atoms with Crippen LogP contribution in [0.3, 0.4) is 0 Å². The summed E-state index contributed by atoms with van der Waals surface area (Å²) in [6, 6.07) is 5.56. The molecule has 0 bridgehead atoms. The lowest BCUT2D eigenvalue weighted by Crippen LogP contribution is -2.25. The van der Waals surface area contributed by atoms with Gasteiger partial charge >= 0.3 is 0 Å². The molecule has 25 heavy (non-hydrogen) atoms. The molecule has 0 fully saturated rings. The molecule has 126 valence electrons. The van der Waals surface area contributed by atoms with Crippen LogP contribution in [0, 0.1) is 6.92 Å². The van der Waals surface area contributed by atoms with Crippen molar-refractivity contribution in [3.8, 4) is 5.75 Å². The highest BCUT2D eigenvalue weighted by molar-refractivity contribution is 6.02. The summed E-state index contributed by atoms with van der Waals surface area (Å²) < 4.78 is 5.37. The molecule has 3 heterocycles. The van der Waals surface area contributed by atoms with E-state index in [1.165, 1.54) is 6.33 Å². The standard InChI is InChI=1S/C17H15N5O3/c1-9-14-15(22-21-9)16(20-8-19-14)17(24)18-6-10-2-3-13-11(4-10)5-12(23)7-25-13/h2-4,8H,5-7H2,1H3,(H,18,24)(H,21,22). The van der Waals surface area contributed by atoms with Crippen molar-refractivity contribution in [1.29, 1.82) is 0 Å². The average Bonchev–Trinajstić information content (AvgIpc) is 3.00. The van der Waals surface area contributed by atoms with Crippen molar-refractivity contribution in [3.05, 3.63) is 47.0 Å². The van der Waals surface area contributed by atoms with Gasteiger partial charge in [-0.25, -0.2) is 9.97 Å². The zero-order chi connectivity index (χ0) is 17.4. The molecule has 1 amide bonds. The summed E-state index contributed by atoms with van der Waals surface area (Å²) in [7, 11) is 0. The second kappa shape index (κ2) is 5.97. The molecule has 0 spiro atoms. The number of ether oxygens (including phenoxy) is 1. The predicted octanol–water partition coefficient (Wildman–Crippen LogP) is 1.10. The van der Waals surface area contributed by atoms with Crippen LogP contribution in [0.5, 0.6) is 5.75 Å². The number of amides is 1. The molecule has 8 nitrogen and oxygen atoms in total. The van der Waals surface area contributed by atoms with Gasteiger partial charge in [0.1, 0.15) is 29.7 Å². The van der Waals surface area contributed by atoms with Crippen LogP contribution in [0.15, 0.2) is 24.5 Å². The van der Waals surface area contributed by atoms with Crippen LogP contribution in [0.4, 0.5) is 0 Å². The molecule has 0 saturated heterocycles. The normalized spacial score (nSPS) is 13.4. The molecule has 2 aromatic heterocycles. The van der Waals surface area contributed by atoms with Crippen molar-refractivity contribution < 1.29 is 14.3 Å². The highest BCUT2D eigenvalue weighted by atomic mass is 16.5. The fourth-order valence-corrected chi connectivity index (χ4v) is 2.83. The lowest BCUT2D eigenvalue weighted by Gasteiger charge is -2.17. The second-order valence-corrected chi connectivity index (χ2v) is 5.90. The number of hydrogen-bond donors (Lipinski definition) is 2. The number of Topliss-reactive ketones (excluding diaryl/α,β-unsaturated/α-hetero) is 1. The van der Waals surface area contributed by atoms with Crippen molar-refractivity contribution in [3.63, 3.8) is 0 Å². The fourth-order valence-electron chi connectivity index (χ4n) is 2.83. The Morgan fingerprint density at radius 1 is 1.32 bits per heavy atom. The molecule has 0 unspecified atom stereocenters. The fraction of sp³-hybridized carbons (Fsp3) is 0.235. The summed E-state index contributed by atoms with van der Waals surface area (Å²) in [5.74, 6) is 0.439. The van der Waals surface area contributed by atoms with E-state index >= 15 is 0 Å². The quantitative estimate of drug-likeness (QED) is 0.740. The Hall–Kier alpha value is -3.29. The van der Waals surface area contributed by atoms with E-state index in [9.17, 15) is 9.59 Å². The predicted molar refractivity (Wildman–Crippen MR) is 88.2 cm³/mol. The molecule has 1 aromatic carbocycles. The number of H-pyrrole nitrogens is 1. The lowest BCUT2D eigenvalue weighted by atomic mass is 10.0. The van der Waals surface area contributed by atoms with E-state index in [1.807, 2.05) is 25.1 Å². The number of hydrogen-bond acceptors (Lipinski definition) is 6. The van der Waals surface area contributed by atoms with Gasteiger partial charge in [-0.15, -0.1) is 0 Å². The van der Waals surface area contributed by atoms with E-state index in [4.69, 9.17) is 4.74 Å². The largest absolute Gasteiger partial charge is 0.486 e. The maximum atomic E-state index is 12.4. The summed E-state index contributed by atoms with van der Waals surface area (Å²) in [5.41, 5.74) is 3.81. The minimum atomic E-state index is -0.330. The summed E-state index contributed by atoms with van der Waals surface area (Å²) in [4.78, 5) is 32.1. The first-order chi connectivity index (χ1) is 12.1. The molecule has 2 N–H and O–H groups in total. The maximum absolute atomic E-state index is 12.4. The van der Waals surface area contributed by atoms with Gasteiger partial charge in [0, 0.05) is 18.5 Å². The first kappa shape index (κ1) is 15.3. The minimum absolute atomic E-state index is 0.0472. The van der Waals surface area contributed by atoms with Gasteiger partial charge in [0.15, 0.2) is 11.5 Å². The van der Waals surface area contributed by atoms with Gasteiger partial charge in [-0.05, 0) is 24.6 Å². The summed E-state index contributed by atoms with van der Waals surface area (Å²) in [5, 5.41) is 9.73. The van der Waals surface area contributed by atoms with E-state index in [2.05, 4.69) is 25.5 Å². The summed E-state index contributed by atoms with van der Waals surface area (Å²) in [6.45, 7) is 2.27. The van der Waals surface area contributed by atoms with Crippen molar-refractivity contribution in [2.24, 2.45) is 0 Å². The first-order valence-corrected chi connectivity index (χ1v) is 7.82. The Kier molecular flexibility index (Phi) is 3.64. The van der Waals surface area contributed by atoms with Crippen LogP contribution in [-0.2, 0) is 17.8 Å². The third-order valence-electron chi connectivity index (χ3n) is 4.08. The Balaban J connectivity index is 1.52. The monoisotopic (exact) mass is 337 g/mol. The van der Waals surface area contributed by atoms with Crippen LogP contribution in [0.1, 0.15) is 27.3 Å². The first-order valence-electron chi connectivity index (χ1n) is 7.82. The molecular weight excluding hydrogens is 322 g/mol.